The molecule has 0 aliphatic rings. The van der Waals surface area contributed by atoms with Crippen LogP contribution in [-0.2, 0) is 14.8 Å². The van der Waals surface area contributed by atoms with E-state index in [9.17, 15) is 39.6 Å². The molecule has 0 aromatic heterocycles. The summed E-state index contributed by atoms with van der Waals surface area (Å²) in [5.41, 5.74) is -0.672. The molecule has 0 bridgehead atoms. The summed E-state index contributed by atoms with van der Waals surface area (Å²) in [6.45, 7) is 0.847. The number of hydrogen-bond donors (Lipinski definition) is 1. The van der Waals surface area contributed by atoms with Gasteiger partial charge >= 0.3 is 12.1 Å². The van der Waals surface area contributed by atoms with Crippen LogP contribution in [0.5, 0.6) is 0 Å². The summed E-state index contributed by atoms with van der Waals surface area (Å²) in [4.78, 5) is 9.04. The van der Waals surface area contributed by atoms with Crippen molar-refractivity contribution in [3.05, 3.63) is 26.6 Å². The number of sulfonamides is 1. The van der Waals surface area contributed by atoms with Gasteiger partial charge in [-0.05, 0) is 35.1 Å². The van der Waals surface area contributed by atoms with Gasteiger partial charge in [0.2, 0.25) is 0 Å². The van der Waals surface area contributed by atoms with Gasteiger partial charge in [-0.25, -0.2) is 26.3 Å². The van der Waals surface area contributed by atoms with Gasteiger partial charge in [0.25, 0.3) is 10.0 Å². The number of hydrogen-bond acceptors (Lipinski definition) is 3. The molecule has 0 saturated heterocycles. The van der Waals surface area contributed by atoms with Crippen molar-refractivity contribution in [2.45, 2.75) is 18.0 Å². The Morgan fingerprint density at radius 3 is 2.00 bits per heavy atom. The van der Waals surface area contributed by atoms with E-state index in [1.165, 1.54) is 0 Å². The molecule has 118 valence electrons. The second-order valence-electron chi connectivity index (χ2n) is 3.64. The minimum absolute atomic E-state index is 0.544. The predicted molar refractivity (Wildman–Crippen MR) is 65.2 cm³/mol. The number of alkyl halides is 3. The summed E-state index contributed by atoms with van der Waals surface area (Å²) in [7, 11) is -5.37. The Bertz CT molecular complexity index is 686. The first kappa shape index (κ1) is 18.0. The number of carbonyl (C=O) groups is 1. The molecule has 21 heavy (non-hydrogen) atoms. The quantitative estimate of drug-likeness (QED) is 0.328. The lowest BCUT2D eigenvalue weighted by molar-refractivity contribution is -0.171. The highest BCUT2D eigenvalue weighted by molar-refractivity contribution is 14.1. The number of carbonyl (C=O) groups excluding carboxylic acids is 1. The van der Waals surface area contributed by atoms with Gasteiger partial charge < -0.3 is 0 Å². The zero-order valence-corrected chi connectivity index (χ0v) is 12.8. The molecule has 0 heterocycles. The first-order valence-corrected chi connectivity index (χ1v) is 7.33. The Morgan fingerprint density at radius 2 is 1.57 bits per heavy atom. The van der Waals surface area contributed by atoms with Crippen LogP contribution in [0.3, 0.4) is 0 Å². The fraction of sp³-hybridized carbons (Fsp3) is 0.222. The smallest absolute Gasteiger partial charge is 0.263 e. The third-order valence-electron chi connectivity index (χ3n) is 2.20. The van der Waals surface area contributed by atoms with Gasteiger partial charge in [0.05, 0.1) is 3.57 Å². The van der Waals surface area contributed by atoms with Gasteiger partial charge in [0.1, 0.15) is 4.90 Å². The summed E-state index contributed by atoms with van der Waals surface area (Å²) >= 11 is 1.15. The highest BCUT2D eigenvalue weighted by Crippen LogP contribution is 2.29. The zero-order valence-electron chi connectivity index (χ0n) is 9.78. The summed E-state index contributed by atoms with van der Waals surface area (Å²) in [6.07, 6.45) is -5.55. The number of amides is 1. The van der Waals surface area contributed by atoms with Crippen molar-refractivity contribution in [3.8, 4) is 0 Å². The Labute approximate surface area is 127 Å². The maximum atomic E-state index is 13.5. The van der Waals surface area contributed by atoms with Gasteiger partial charge in [-0.2, -0.15) is 13.2 Å². The molecule has 1 rings (SSSR count). The minimum atomic E-state index is -5.55. The van der Waals surface area contributed by atoms with Crippen LogP contribution in [-0.4, -0.2) is 20.5 Å². The normalized spacial score (nSPS) is 12.4. The van der Waals surface area contributed by atoms with E-state index in [0.717, 1.165) is 29.5 Å². The van der Waals surface area contributed by atoms with Crippen LogP contribution in [0.2, 0.25) is 0 Å². The average Bonchev–Trinajstić information content (AvgIpc) is 2.32. The highest BCUT2D eigenvalue weighted by atomic mass is 127. The molecule has 1 N–H and O–H groups in total. The monoisotopic (exact) mass is 447 g/mol. The predicted octanol–water partition coefficient (Wildman–Crippen LogP) is 2.38. The van der Waals surface area contributed by atoms with E-state index in [4.69, 9.17) is 0 Å². The molecule has 0 fully saturated rings. The number of halogens is 7. The standard InChI is InChI=1S/C9H4F6INO3S/c1-2-6(16)4(11)3(10)5(12)7(2)21(19,20)17-8(18)9(13,14)15/h1H3,(H,17,18). The maximum Gasteiger partial charge on any atom is 0.472 e. The van der Waals surface area contributed by atoms with Gasteiger partial charge in [0.15, 0.2) is 17.5 Å². The van der Waals surface area contributed by atoms with Crippen molar-refractivity contribution >= 4 is 38.5 Å². The molecule has 0 aliphatic heterocycles. The maximum absolute atomic E-state index is 13.5. The second kappa shape index (κ2) is 5.62. The fourth-order valence-corrected chi connectivity index (χ4v) is 3.25. The largest absolute Gasteiger partial charge is 0.472 e. The highest BCUT2D eigenvalue weighted by Gasteiger charge is 2.42. The summed E-state index contributed by atoms with van der Waals surface area (Å²) in [5.74, 6) is -8.97. The van der Waals surface area contributed by atoms with Crippen molar-refractivity contribution in [1.82, 2.24) is 4.72 Å². The van der Waals surface area contributed by atoms with Crippen molar-refractivity contribution in [1.29, 1.82) is 0 Å². The third-order valence-corrected chi connectivity index (χ3v) is 4.96. The summed E-state index contributed by atoms with van der Waals surface area (Å²) in [5, 5.41) is 0. The lowest BCUT2D eigenvalue weighted by atomic mass is 10.2. The SMILES string of the molecule is Cc1c(I)c(F)c(F)c(F)c1S(=O)(=O)NC(=O)C(F)(F)F. The molecule has 0 spiro atoms. The van der Waals surface area contributed by atoms with Crippen LogP contribution in [0, 0.1) is 27.9 Å². The lowest BCUT2D eigenvalue weighted by Gasteiger charge is -2.13. The first-order valence-electron chi connectivity index (χ1n) is 4.77. The molecule has 0 saturated carbocycles. The molecule has 12 heteroatoms. The van der Waals surface area contributed by atoms with Crippen LogP contribution in [0.4, 0.5) is 26.3 Å². The molecule has 1 aromatic rings. The van der Waals surface area contributed by atoms with Crippen LogP contribution >= 0.6 is 22.6 Å². The Hall–Kier alpha value is -1.05. The van der Waals surface area contributed by atoms with Crippen molar-refractivity contribution in [3.63, 3.8) is 0 Å². The minimum Gasteiger partial charge on any atom is -0.263 e. The van der Waals surface area contributed by atoms with E-state index in [0.29, 0.717) is 4.72 Å². The Kier molecular flexibility index (Phi) is 4.82. The fourth-order valence-electron chi connectivity index (χ4n) is 1.27. The molecule has 0 radical (unpaired) electrons. The first-order chi connectivity index (χ1) is 9.30. The molecular weight excluding hydrogens is 443 g/mol. The van der Waals surface area contributed by atoms with Crippen LogP contribution < -0.4 is 4.72 Å². The van der Waals surface area contributed by atoms with Gasteiger partial charge in [0, 0.05) is 0 Å². The molecule has 0 aliphatic carbocycles. The topological polar surface area (TPSA) is 63.2 Å². The van der Waals surface area contributed by atoms with Crippen LogP contribution in [0.15, 0.2) is 4.90 Å². The number of rotatable bonds is 2. The Balaban J connectivity index is 3.51. The molecule has 4 nitrogen and oxygen atoms in total. The van der Waals surface area contributed by atoms with Gasteiger partial charge in [-0.15, -0.1) is 0 Å². The van der Waals surface area contributed by atoms with Crippen LogP contribution in [0.1, 0.15) is 5.56 Å². The zero-order chi connectivity index (χ0) is 16.7. The van der Waals surface area contributed by atoms with E-state index in [2.05, 4.69) is 0 Å². The van der Waals surface area contributed by atoms with E-state index in [-0.39, 0.29) is 0 Å². The molecule has 0 atom stereocenters. The van der Waals surface area contributed by atoms with Crippen molar-refractivity contribution < 1.29 is 39.6 Å². The van der Waals surface area contributed by atoms with E-state index >= 15 is 0 Å². The van der Waals surface area contributed by atoms with Crippen molar-refractivity contribution in [2.75, 3.05) is 0 Å². The molecule has 1 amide bonds. The number of nitrogens with one attached hydrogen (secondary N) is 1. The van der Waals surface area contributed by atoms with Crippen molar-refractivity contribution in [2.24, 2.45) is 0 Å². The Morgan fingerprint density at radius 1 is 1.10 bits per heavy atom. The third kappa shape index (κ3) is 3.41. The van der Waals surface area contributed by atoms with Gasteiger partial charge in [-0.1, -0.05) is 0 Å². The molecule has 0 unspecified atom stereocenters. The lowest BCUT2D eigenvalue weighted by Crippen LogP contribution is -2.41. The van der Waals surface area contributed by atoms with Crippen LogP contribution in [0.25, 0.3) is 0 Å². The summed E-state index contributed by atoms with van der Waals surface area (Å²) < 4.78 is 99.0. The van der Waals surface area contributed by atoms with E-state index in [1.807, 2.05) is 0 Å². The van der Waals surface area contributed by atoms with E-state index < -0.39 is 53.6 Å². The molecule has 1 aromatic carbocycles. The number of benzene rings is 1. The second-order valence-corrected chi connectivity index (χ2v) is 6.34. The average molecular weight is 447 g/mol. The summed E-state index contributed by atoms with van der Waals surface area (Å²) in [6, 6.07) is 0. The van der Waals surface area contributed by atoms with E-state index in [1.54, 1.807) is 0 Å². The molecular formula is C9H4F6INO3S. The van der Waals surface area contributed by atoms with Gasteiger partial charge in [-0.3, -0.25) is 4.79 Å².